The molecule has 0 aliphatic heterocycles. The molecular formula is C15H25N. The van der Waals surface area contributed by atoms with Crippen LogP contribution in [-0.2, 0) is 0 Å². The normalized spacial score (nSPS) is 24.1. The van der Waals surface area contributed by atoms with Crippen LogP contribution >= 0.6 is 0 Å². The zero-order valence-corrected chi connectivity index (χ0v) is 11.2. The molecule has 0 aromatic rings. The first kappa shape index (κ1) is 13.3. The van der Waals surface area contributed by atoms with Crippen molar-refractivity contribution >= 4 is 0 Å². The van der Waals surface area contributed by atoms with E-state index in [1.807, 2.05) is 0 Å². The molecule has 90 valence electrons. The second kappa shape index (κ2) is 5.04. The van der Waals surface area contributed by atoms with Gasteiger partial charge in [-0.2, -0.15) is 5.26 Å². The molecule has 1 saturated carbocycles. The third-order valence-electron chi connectivity index (χ3n) is 3.62. The summed E-state index contributed by atoms with van der Waals surface area (Å²) in [5, 5.41) is 9.35. The van der Waals surface area contributed by atoms with Crippen LogP contribution in [-0.4, -0.2) is 0 Å². The molecule has 0 bridgehead atoms. The van der Waals surface area contributed by atoms with Crippen LogP contribution in [0.25, 0.3) is 0 Å². The summed E-state index contributed by atoms with van der Waals surface area (Å²) in [6.45, 7) is 13.2. The van der Waals surface area contributed by atoms with E-state index < -0.39 is 0 Å². The quantitative estimate of drug-likeness (QED) is 0.636. The van der Waals surface area contributed by atoms with E-state index in [0.717, 1.165) is 12.8 Å². The molecule has 0 radical (unpaired) electrons. The van der Waals surface area contributed by atoms with Crippen molar-refractivity contribution in [2.45, 2.75) is 53.4 Å². The van der Waals surface area contributed by atoms with E-state index in [2.05, 4.69) is 40.3 Å². The molecule has 0 aromatic carbocycles. The highest BCUT2D eigenvalue weighted by Gasteiger charge is 2.44. The molecule has 0 amide bonds. The van der Waals surface area contributed by atoms with E-state index >= 15 is 0 Å². The van der Waals surface area contributed by atoms with Crippen molar-refractivity contribution in [1.82, 2.24) is 0 Å². The summed E-state index contributed by atoms with van der Waals surface area (Å²) in [5.74, 6) is 1.53. The lowest BCUT2D eigenvalue weighted by Gasteiger charge is -2.35. The largest absolute Gasteiger partial charge is 0.198 e. The number of rotatable bonds is 4. The predicted octanol–water partition coefficient (Wildman–Crippen LogP) is 4.55. The van der Waals surface area contributed by atoms with Gasteiger partial charge in [0.2, 0.25) is 0 Å². The summed E-state index contributed by atoms with van der Waals surface area (Å²) in [5.41, 5.74) is 1.50. The average molecular weight is 219 g/mol. The maximum absolute atomic E-state index is 9.35. The van der Waals surface area contributed by atoms with Crippen LogP contribution in [0.4, 0.5) is 0 Å². The molecule has 1 unspecified atom stereocenters. The minimum atomic E-state index is 0.199. The molecule has 0 aromatic heterocycles. The topological polar surface area (TPSA) is 23.8 Å². The fourth-order valence-corrected chi connectivity index (χ4v) is 3.52. The Kier molecular flexibility index (Phi) is 4.19. The average Bonchev–Trinajstić information content (AvgIpc) is 2.39. The van der Waals surface area contributed by atoms with Crippen molar-refractivity contribution in [1.29, 1.82) is 5.26 Å². The van der Waals surface area contributed by atoms with Crippen molar-refractivity contribution in [2.24, 2.45) is 23.2 Å². The standard InChI is InChI=1S/C15H25N/c1-11(2)7-15(8-12(3)4)9-13(5)6-14(15)10-16/h11-12,14H,5-9H2,1-4H3. The van der Waals surface area contributed by atoms with Gasteiger partial charge in [0.25, 0.3) is 0 Å². The molecule has 1 nitrogen and oxygen atoms in total. The van der Waals surface area contributed by atoms with Crippen LogP contribution in [0.3, 0.4) is 0 Å². The van der Waals surface area contributed by atoms with Gasteiger partial charge in [0, 0.05) is 0 Å². The van der Waals surface area contributed by atoms with Gasteiger partial charge in [-0.05, 0) is 42.9 Å². The molecule has 1 aliphatic rings. The third kappa shape index (κ3) is 2.88. The third-order valence-corrected chi connectivity index (χ3v) is 3.62. The Morgan fingerprint density at radius 3 is 2.19 bits per heavy atom. The molecule has 0 N–H and O–H groups in total. The molecule has 1 fully saturated rings. The molecule has 0 spiro atoms. The maximum atomic E-state index is 9.35. The highest BCUT2D eigenvalue weighted by atomic mass is 14.5. The summed E-state index contributed by atoms with van der Waals surface area (Å²) < 4.78 is 0. The van der Waals surface area contributed by atoms with E-state index in [0.29, 0.717) is 11.8 Å². The van der Waals surface area contributed by atoms with Crippen LogP contribution in [0.1, 0.15) is 53.4 Å². The van der Waals surface area contributed by atoms with E-state index in [1.165, 1.54) is 18.4 Å². The molecule has 16 heavy (non-hydrogen) atoms. The Hall–Kier alpha value is -0.770. The van der Waals surface area contributed by atoms with Crippen LogP contribution in [0.15, 0.2) is 12.2 Å². The summed E-state index contributed by atoms with van der Waals surface area (Å²) >= 11 is 0. The number of hydrogen-bond acceptors (Lipinski definition) is 1. The van der Waals surface area contributed by atoms with Crippen LogP contribution in [0, 0.1) is 34.5 Å². The van der Waals surface area contributed by atoms with E-state index in [-0.39, 0.29) is 11.3 Å². The second-order valence-electron chi connectivity index (χ2n) is 6.37. The first-order valence-corrected chi connectivity index (χ1v) is 6.46. The van der Waals surface area contributed by atoms with Crippen LogP contribution in [0.5, 0.6) is 0 Å². The molecule has 1 atom stereocenters. The van der Waals surface area contributed by atoms with Gasteiger partial charge >= 0.3 is 0 Å². The molecule has 0 heterocycles. The zero-order chi connectivity index (χ0) is 12.3. The van der Waals surface area contributed by atoms with Gasteiger partial charge in [-0.3, -0.25) is 0 Å². The van der Waals surface area contributed by atoms with Crippen molar-refractivity contribution in [2.75, 3.05) is 0 Å². The first-order valence-electron chi connectivity index (χ1n) is 6.46. The summed E-state index contributed by atoms with van der Waals surface area (Å²) in [7, 11) is 0. The molecule has 0 saturated heterocycles. The SMILES string of the molecule is C=C1CC(C#N)C(CC(C)C)(CC(C)C)C1. The number of hydrogen-bond donors (Lipinski definition) is 0. The molecule has 1 heteroatoms. The number of nitrogens with zero attached hydrogens (tertiary/aromatic N) is 1. The van der Waals surface area contributed by atoms with Crippen LogP contribution < -0.4 is 0 Å². The van der Waals surface area contributed by atoms with E-state index in [9.17, 15) is 5.26 Å². The van der Waals surface area contributed by atoms with Crippen molar-refractivity contribution < 1.29 is 0 Å². The van der Waals surface area contributed by atoms with Gasteiger partial charge in [-0.1, -0.05) is 39.8 Å². The molecular weight excluding hydrogens is 194 g/mol. The second-order valence-corrected chi connectivity index (χ2v) is 6.37. The summed E-state index contributed by atoms with van der Waals surface area (Å²) in [6.07, 6.45) is 4.34. The predicted molar refractivity (Wildman–Crippen MR) is 68.8 cm³/mol. The zero-order valence-electron chi connectivity index (χ0n) is 11.2. The minimum absolute atomic E-state index is 0.199. The fourth-order valence-electron chi connectivity index (χ4n) is 3.52. The minimum Gasteiger partial charge on any atom is -0.198 e. The lowest BCUT2D eigenvalue weighted by atomic mass is 9.68. The molecule has 1 aliphatic carbocycles. The summed E-state index contributed by atoms with van der Waals surface area (Å²) in [4.78, 5) is 0. The van der Waals surface area contributed by atoms with Gasteiger partial charge in [0.05, 0.1) is 12.0 Å². The lowest BCUT2D eigenvalue weighted by molar-refractivity contribution is 0.153. The fraction of sp³-hybridized carbons (Fsp3) is 0.800. The van der Waals surface area contributed by atoms with E-state index in [4.69, 9.17) is 0 Å². The van der Waals surface area contributed by atoms with Gasteiger partial charge in [-0.15, -0.1) is 0 Å². The van der Waals surface area contributed by atoms with Crippen molar-refractivity contribution in [3.63, 3.8) is 0 Å². The van der Waals surface area contributed by atoms with Gasteiger partial charge in [0.1, 0.15) is 0 Å². The Bertz CT molecular complexity index is 283. The Morgan fingerprint density at radius 2 is 1.81 bits per heavy atom. The molecule has 1 rings (SSSR count). The monoisotopic (exact) mass is 219 g/mol. The Morgan fingerprint density at radius 1 is 1.31 bits per heavy atom. The van der Waals surface area contributed by atoms with Crippen LogP contribution in [0.2, 0.25) is 0 Å². The summed E-state index contributed by atoms with van der Waals surface area (Å²) in [6, 6.07) is 2.54. The highest BCUT2D eigenvalue weighted by Crippen LogP contribution is 2.53. The lowest BCUT2D eigenvalue weighted by Crippen LogP contribution is -2.28. The maximum Gasteiger partial charge on any atom is 0.0665 e. The number of allylic oxidation sites excluding steroid dienone is 1. The van der Waals surface area contributed by atoms with Gasteiger partial charge in [0.15, 0.2) is 0 Å². The van der Waals surface area contributed by atoms with Gasteiger partial charge in [-0.25, -0.2) is 0 Å². The first-order chi connectivity index (χ1) is 7.39. The van der Waals surface area contributed by atoms with Crippen molar-refractivity contribution in [3.05, 3.63) is 12.2 Å². The Balaban J connectivity index is 2.93. The van der Waals surface area contributed by atoms with Gasteiger partial charge < -0.3 is 0 Å². The van der Waals surface area contributed by atoms with Crippen molar-refractivity contribution in [3.8, 4) is 6.07 Å². The highest BCUT2D eigenvalue weighted by molar-refractivity contribution is 5.17. The van der Waals surface area contributed by atoms with E-state index in [1.54, 1.807) is 0 Å². The Labute approximate surface area is 101 Å². The smallest absolute Gasteiger partial charge is 0.0665 e. The number of nitriles is 1.